The monoisotopic (exact) mass is 409 g/mol. The molecule has 0 aliphatic rings. The molecule has 0 aliphatic carbocycles. The van der Waals surface area contributed by atoms with Gasteiger partial charge in [-0.15, -0.1) is 0 Å². The van der Waals surface area contributed by atoms with Gasteiger partial charge in [-0.25, -0.2) is 14.0 Å². The summed E-state index contributed by atoms with van der Waals surface area (Å²) in [4.78, 5) is 25.1. The summed E-state index contributed by atoms with van der Waals surface area (Å²) in [5.41, 5.74) is 1.94. The van der Waals surface area contributed by atoms with E-state index in [1.165, 1.54) is 15.5 Å². The molecule has 0 spiro atoms. The lowest BCUT2D eigenvalue weighted by atomic mass is 10.1. The first-order valence-corrected chi connectivity index (χ1v) is 9.24. The Bertz CT molecular complexity index is 1270. The Balaban J connectivity index is 1.70. The van der Waals surface area contributed by atoms with E-state index in [1.807, 2.05) is 24.3 Å². The average molecular weight is 409 g/mol. The van der Waals surface area contributed by atoms with E-state index in [9.17, 15) is 9.59 Å². The smallest absolute Gasteiger partial charge is 0.360 e. The molecule has 10 heteroatoms. The zero-order valence-electron chi connectivity index (χ0n) is 16.7. The zero-order valence-corrected chi connectivity index (χ0v) is 16.7. The number of rotatable bonds is 6. The van der Waals surface area contributed by atoms with Gasteiger partial charge in [0.2, 0.25) is 0 Å². The minimum atomic E-state index is -0.607. The number of aryl methyl sites for hydroxylation is 1. The second-order valence-corrected chi connectivity index (χ2v) is 6.47. The third-order valence-electron chi connectivity index (χ3n) is 4.64. The molecule has 1 aromatic carbocycles. The number of fused-ring (bicyclic) bond motifs is 1. The number of carbonyl (C=O) groups is 1. The normalized spacial score (nSPS) is 11.0. The summed E-state index contributed by atoms with van der Waals surface area (Å²) in [5, 5.41) is 12.3. The molecule has 4 aromatic rings. The Morgan fingerprint density at radius 3 is 2.70 bits per heavy atom. The predicted octanol–water partition coefficient (Wildman–Crippen LogP) is 2.09. The van der Waals surface area contributed by atoms with Gasteiger partial charge >= 0.3 is 5.97 Å². The first kappa shape index (κ1) is 19.4. The van der Waals surface area contributed by atoms with E-state index < -0.39 is 5.97 Å². The highest BCUT2D eigenvalue weighted by Gasteiger charge is 2.22. The van der Waals surface area contributed by atoms with E-state index in [4.69, 9.17) is 14.0 Å². The largest absolute Gasteiger partial charge is 0.497 e. The molecule has 0 unspecified atom stereocenters. The molecular weight excluding hydrogens is 390 g/mol. The molecule has 10 nitrogen and oxygen atoms in total. The highest BCUT2D eigenvalue weighted by atomic mass is 16.5. The van der Waals surface area contributed by atoms with Crippen LogP contribution in [0.2, 0.25) is 0 Å². The van der Waals surface area contributed by atoms with E-state index in [2.05, 4.69) is 15.4 Å². The van der Waals surface area contributed by atoms with Gasteiger partial charge in [-0.3, -0.25) is 4.79 Å². The summed E-state index contributed by atoms with van der Waals surface area (Å²) >= 11 is 0. The van der Waals surface area contributed by atoms with Crippen molar-refractivity contribution in [2.24, 2.45) is 0 Å². The van der Waals surface area contributed by atoms with Gasteiger partial charge in [-0.1, -0.05) is 5.16 Å². The van der Waals surface area contributed by atoms with Crippen LogP contribution in [0.15, 0.2) is 46.0 Å². The van der Waals surface area contributed by atoms with Crippen molar-refractivity contribution in [1.29, 1.82) is 0 Å². The zero-order chi connectivity index (χ0) is 21.3. The fourth-order valence-electron chi connectivity index (χ4n) is 3.04. The van der Waals surface area contributed by atoms with Crippen LogP contribution < -0.4 is 10.3 Å². The highest BCUT2D eigenvalue weighted by Crippen LogP contribution is 2.22. The second kappa shape index (κ2) is 7.82. The summed E-state index contributed by atoms with van der Waals surface area (Å²) in [6.45, 7) is 3.58. The molecule has 4 rings (SSSR count). The lowest BCUT2D eigenvalue weighted by molar-refractivity contribution is 0.0513. The fraction of sp³-hybridized carbons (Fsp3) is 0.250. The molecule has 3 aromatic heterocycles. The maximum Gasteiger partial charge on any atom is 0.360 e. The molecule has 0 bridgehead atoms. The van der Waals surface area contributed by atoms with Gasteiger partial charge in [0.05, 0.1) is 31.5 Å². The predicted molar refractivity (Wildman–Crippen MR) is 106 cm³/mol. The highest BCUT2D eigenvalue weighted by molar-refractivity contribution is 5.89. The van der Waals surface area contributed by atoms with Crippen molar-refractivity contribution < 1.29 is 18.8 Å². The standard InChI is InChI=1S/C20H19N5O5/c1-4-29-20(27)18-15(12(2)30-23-18)10-24-19(26)17-9-16(22-25(17)11-21-24)13-5-7-14(28-3)8-6-13/h5-9,11H,4,10H2,1-3H3. The van der Waals surface area contributed by atoms with Gasteiger partial charge in [-0.05, 0) is 44.2 Å². The van der Waals surface area contributed by atoms with Crippen molar-refractivity contribution in [1.82, 2.24) is 24.6 Å². The summed E-state index contributed by atoms with van der Waals surface area (Å²) in [7, 11) is 1.60. The molecule has 0 aliphatic heterocycles. The van der Waals surface area contributed by atoms with Crippen LogP contribution in [0.1, 0.15) is 28.7 Å². The van der Waals surface area contributed by atoms with Gasteiger partial charge in [0.25, 0.3) is 5.56 Å². The number of ether oxygens (including phenoxy) is 2. The van der Waals surface area contributed by atoms with Crippen LogP contribution in [0.3, 0.4) is 0 Å². The lowest BCUT2D eigenvalue weighted by Gasteiger charge is -2.05. The van der Waals surface area contributed by atoms with Crippen LogP contribution in [-0.2, 0) is 11.3 Å². The molecule has 0 fully saturated rings. The maximum absolute atomic E-state index is 13.0. The van der Waals surface area contributed by atoms with Gasteiger partial charge < -0.3 is 14.0 Å². The molecule has 0 saturated carbocycles. The number of hydrogen-bond acceptors (Lipinski definition) is 8. The third-order valence-corrected chi connectivity index (χ3v) is 4.64. The van der Waals surface area contributed by atoms with Crippen molar-refractivity contribution in [3.05, 3.63) is 64.0 Å². The van der Waals surface area contributed by atoms with Crippen LogP contribution in [0, 0.1) is 6.92 Å². The van der Waals surface area contributed by atoms with Crippen molar-refractivity contribution in [3.63, 3.8) is 0 Å². The van der Waals surface area contributed by atoms with Crippen LogP contribution >= 0.6 is 0 Å². The van der Waals surface area contributed by atoms with Crippen molar-refractivity contribution in [2.75, 3.05) is 13.7 Å². The van der Waals surface area contributed by atoms with Gasteiger partial charge in [0, 0.05) is 5.56 Å². The number of methoxy groups -OCH3 is 1. The van der Waals surface area contributed by atoms with Crippen LogP contribution in [-0.4, -0.2) is 44.2 Å². The summed E-state index contributed by atoms with van der Waals surface area (Å²) in [6.07, 6.45) is 1.44. The molecule has 3 heterocycles. The summed E-state index contributed by atoms with van der Waals surface area (Å²) in [6, 6.07) is 9.05. The molecule has 154 valence electrons. The Morgan fingerprint density at radius 2 is 2.00 bits per heavy atom. The molecule has 0 radical (unpaired) electrons. The van der Waals surface area contributed by atoms with Crippen LogP contribution in [0.5, 0.6) is 5.75 Å². The van der Waals surface area contributed by atoms with E-state index in [-0.39, 0.29) is 24.4 Å². The molecule has 0 saturated heterocycles. The first-order valence-electron chi connectivity index (χ1n) is 9.24. The van der Waals surface area contributed by atoms with Gasteiger partial charge in [0.1, 0.15) is 23.4 Å². The molecule has 30 heavy (non-hydrogen) atoms. The SMILES string of the molecule is CCOC(=O)c1noc(C)c1Cn1ncn2nc(-c3ccc(OC)cc3)cc2c1=O. The van der Waals surface area contributed by atoms with Crippen LogP contribution in [0.4, 0.5) is 0 Å². The number of hydrogen-bond donors (Lipinski definition) is 0. The summed E-state index contributed by atoms with van der Waals surface area (Å²) < 4.78 is 17.9. The summed E-state index contributed by atoms with van der Waals surface area (Å²) in [5.74, 6) is 0.539. The van der Waals surface area contributed by atoms with E-state index in [0.29, 0.717) is 22.5 Å². The van der Waals surface area contributed by atoms with E-state index >= 15 is 0 Å². The van der Waals surface area contributed by atoms with Crippen molar-refractivity contribution in [2.45, 2.75) is 20.4 Å². The molecule has 0 amide bonds. The maximum atomic E-state index is 13.0. The lowest BCUT2D eigenvalue weighted by Crippen LogP contribution is -2.26. The Hall–Kier alpha value is -3.95. The van der Waals surface area contributed by atoms with Gasteiger partial charge in [0.15, 0.2) is 5.69 Å². The topological polar surface area (TPSA) is 114 Å². The Labute approximate surface area is 170 Å². The molecule has 0 N–H and O–H groups in total. The van der Waals surface area contributed by atoms with E-state index in [1.54, 1.807) is 27.0 Å². The fourth-order valence-corrected chi connectivity index (χ4v) is 3.04. The number of nitrogens with zero attached hydrogens (tertiary/aromatic N) is 5. The number of aromatic nitrogens is 5. The van der Waals surface area contributed by atoms with Crippen LogP contribution in [0.25, 0.3) is 16.8 Å². The minimum absolute atomic E-state index is 0.0157. The Morgan fingerprint density at radius 1 is 1.23 bits per heavy atom. The van der Waals surface area contributed by atoms with Crippen molar-refractivity contribution in [3.8, 4) is 17.0 Å². The minimum Gasteiger partial charge on any atom is -0.497 e. The quantitative estimate of drug-likeness (QED) is 0.445. The second-order valence-electron chi connectivity index (χ2n) is 6.47. The van der Waals surface area contributed by atoms with Gasteiger partial charge in [-0.2, -0.15) is 10.2 Å². The van der Waals surface area contributed by atoms with Crippen molar-refractivity contribution >= 4 is 11.5 Å². The van der Waals surface area contributed by atoms with E-state index in [0.717, 1.165) is 11.3 Å². The number of esters is 1. The first-order chi connectivity index (χ1) is 14.5. The number of carbonyl (C=O) groups excluding carboxylic acids is 1. The average Bonchev–Trinajstić information content (AvgIpc) is 3.35. The molecule has 0 atom stereocenters. The Kier molecular flexibility index (Phi) is 5.05. The number of benzene rings is 1. The molecular formula is C20H19N5O5. The third kappa shape index (κ3) is 3.43.